The first-order valence-corrected chi connectivity index (χ1v) is 15.6. The third-order valence-electron chi connectivity index (χ3n) is 6.54. The van der Waals surface area contributed by atoms with Crippen molar-refractivity contribution >= 4 is 48.1 Å². The summed E-state index contributed by atoms with van der Waals surface area (Å²) in [5.74, 6) is -0.981. The first-order valence-electron chi connectivity index (χ1n) is 12.0. The summed E-state index contributed by atoms with van der Waals surface area (Å²) in [6, 6.07) is 12.9. The summed E-state index contributed by atoms with van der Waals surface area (Å²) in [7, 11) is -6.14. The van der Waals surface area contributed by atoms with Gasteiger partial charge >= 0.3 is 0 Å². The Morgan fingerprint density at radius 3 is 2.36 bits per heavy atom. The number of nitrogens with one attached hydrogen (secondary N) is 2. The number of anilines is 2. The zero-order chi connectivity index (χ0) is 28.1. The minimum absolute atomic E-state index is 0.0368. The summed E-state index contributed by atoms with van der Waals surface area (Å²) < 4.78 is 72.7. The number of benzene rings is 3. The van der Waals surface area contributed by atoms with E-state index in [9.17, 15) is 26.0 Å². The van der Waals surface area contributed by atoms with Gasteiger partial charge in [-0.1, -0.05) is 6.07 Å². The molecule has 1 fully saturated rings. The van der Waals surface area contributed by atoms with Gasteiger partial charge in [0, 0.05) is 30.3 Å². The summed E-state index contributed by atoms with van der Waals surface area (Å²) >= 11 is 0. The summed E-state index contributed by atoms with van der Waals surface area (Å²) in [4.78, 5) is 12.7. The molecular weight excluding hydrogens is 545 g/mol. The van der Waals surface area contributed by atoms with Gasteiger partial charge in [0.2, 0.25) is 10.0 Å². The van der Waals surface area contributed by atoms with Crippen molar-refractivity contribution < 1.29 is 30.4 Å². The van der Waals surface area contributed by atoms with Crippen molar-refractivity contribution in [1.82, 2.24) is 5.32 Å². The quantitative estimate of drug-likeness (QED) is 0.265. The molecule has 1 heterocycles. The van der Waals surface area contributed by atoms with Gasteiger partial charge in [0.25, 0.3) is 5.91 Å². The van der Waals surface area contributed by atoms with Crippen LogP contribution in [0.4, 0.5) is 15.8 Å². The lowest BCUT2D eigenvalue weighted by Gasteiger charge is -2.14. The number of sulfonamides is 1. The van der Waals surface area contributed by atoms with Crippen LogP contribution in [0.3, 0.4) is 0 Å². The Morgan fingerprint density at radius 2 is 1.74 bits per heavy atom. The average molecular weight is 572 g/mol. The van der Waals surface area contributed by atoms with E-state index in [1.165, 1.54) is 49.5 Å². The predicted molar refractivity (Wildman–Crippen MR) is 147 cm³/mol. The summed E-state index contributed by atoms with van der Waals surface area (Å²) in [6.45, 7) is 0. The molecule has 3 aromatic carbocycles. The van der Waals surface area contributed by atoms with Crippen LogP contribution in [0.25, 0.3) is 22.3 Å². The van der Waals surface area contributed by atoms with E-state index in [0.29, 0.717) is 16.6 Å². The number of halogens is 1. The summed E-state index contributed by atoms with van der Waals surface area (Å²) in [5, 5.41) is 3.12. The van der Waals surface area contributed by atoms with Crippen LogP contribution in [0.2, 0.25) is 0 Å². The molecule has 12 heteroatoms. The lowest BCUT2D eigenvalue weighted by Crippen LogP contribution is -2.18. The summed E-state index contributed by atoms with van der Waals surface area (Å²) in [5.41, 5.74) is 8.13. The number of hydrogen-bond donors (Lipinski definition) is 3. The van der Waals surface area contributed by atoms with Crippen LogP contribution in [0, 0.1) is 5.82 Å². The Morgan fingerprint density at radius 1 is 1.05 bits per heavy atom. The van der Waals surface area contributed by atoms with Crippen LogP contribution in [0.15, 0.2) is 63.9 Å². The number of nitrogens with two attached hydrogens (primary N) is 1. The Labute approximate surface area is 225 Å². The number of sulfone groups is 1. The molecule has 0 spiro atoms. The minimum atomic E-state index is -3.99. The zero-order valence-electron chi connectivity index (χ0n) is 21.1. The standard InChI is InChI=1S/C27H26FN3O6S2/c1-30-27(32)25-20-12-19(16-4-5-16)22(13-23(20)37-26(25)17-6-8-18(28)9-7-17)31-39(35,36)14-15-3-10-21(29)24(11-15)38(2,33)34/h3,6-13,16,31H,4-5,14,29H2,1-2H3,(H,30,32). The van der Waals surface area contributed by atoms with Crippen molar-refractivity contribution in [3.05, 3.63) is 77.1 Å². The highest BCUT2D eigenvalue weighted by Gasteiger charge is 2.31. The molecule has 9 nitrogen and oxygen atoms in total. The second kappa shape index (κ2) is 9.69. The molecule has 5 rings (SSSR count). The second-order valence-electron chi connectivity index (χ2n) is 9.61. The molecule has 0 atom stereocenters. The van der Waals surface area contributed by atoms with Crippen LogP contribution in [-0.4, -0.2) is 36.0 Å². The van der Waals surface area contributed by atoms with E-state index in [2.05, 4.69) is 10.0 Å². The molecule has 0 aliphatic heterocycles. The molecule has 39 heavy (non-hydrogen) atoms. The van der Waals surface area contributed by atoms with Gasteiger partial charge < -0.3 is 15.5 Å². The van der Waals surface area contributed by atoms with Crippen molar-refractivity contribution in [2.75, 3.05) is 23.8 Å². The molecule has 0 saturated heterocycles. The number of amides is 1. The molecule has 1 aromatic heterocycles. The molecule has 1 amide bonds. The second-order valence-corrected chi connectivity index (χ2v) is 13.3. The number of carbonyl (C=O) groups excluding carboxylic acids is 1. The smallest absolute Gasteiger partial charge is 0.255 e. The largest absolute Gasteiger partial charge is 0.455 e. The lowest BCUT2D eigenvalue weighted by molar-refractivity contribution is 0.0964. The van der Waals surface area contributed by atoms with Crippen LogP contribution in [0.1, 0.15) is 40.2 Å². The van der Waals surface area contributed by atoms with E-state index < -0.39 is 37.3 Å². The van der Waals surface area contributed by atoms with Gasteiger partial charge in [-0.25, -0.2) is 21.2 Å². The van der Waals surface area contributed by atoms with Crippen molar-refractivity contribution in [1.29, 1.82) is 0 Å². The fourth-order valence-corrected chi connectivity index (χ4v) is 6.61. The van der Waals surface area contributed by atoms with Crippen LogP contribution >= 0.6 is 0 Å². The first kappa shape index (κ1) is 26.7. The van der Waals surface area contributed by atoms with Gasteiger partial charge in [0.15, 0.2) is 9.84 Å². The first-order chi connectivity index (χ1) is 18.4. The maximum atomic E-state index is 13.5. The van der Waals surface area contributed by atoms with Gasteiger partial charge in [-0.05, 0) is 72.4 Å². The van der Waals surface area contributed by atoms with E-state index in [4.69, 9.17) is 10.2 Å². The van der Waals surface area contributed by atoms with Crippen LogP contribution < -0.4 is 15.8 Å². The Kier molecular flexibility index (Phi) is 6.63. The highest BCUT2D eigenvalue weighted by atomic mass is 32.2. The molecule has 0 unspecified atom stereocenters. The molecule has 1 saturated carbocycles. The van der Waals surface area contributed by atoms with E-state index in [1.807, 2.05) is 0 Å². The fourth-order valence-electron chi connectivity index (χ4n) is 4.55. The van der Waals surface area contributed by atoms with Crippen molar-refractivity contribution in [3.8, 4) is 11.3 Å². The van der Waals surface area contributed by atoms with E-state index in [0.717, 1.165) is 24.7 Å². The number of fused-ring (bicyclic) bond motifs is 1. The molecule has 0 bridgehead atoms. The normalized spacial score (nSPS) is 13.9. The number of hydrogen-bond acceptors (Lipinski definition) is 7. The van der Waals surface area contributed by atoms with Gasteiger partial charge in [-0.2, -0.15) is 0 Å². The van der Waals surface area contributed by atoms with Crippen LogP contribution in [-0.2, 0) is 25.6 Å². The highest BCUT2D eigenvalue weighted by Crippen LogP contribution is 2.47. The minimum Gasteiger partial charge on any atom is -0.455 e. The topological polar surface area (TPSA) is 149 Å². The molecule has 0 radical (unpaired) electrons. The number of rotatable bonds is 8. The molecule has 1 aliphatic carbocycles. The average Bonchev–Trinajstić information content (AvgIpc) is 3.64. The molecule has 4 aromatic rings. The van der Waals surface area contributed by atoms with Gasteiger partial charge in [-0.3, -0.25) is 9.52 Å². The maximum absolute atomic E-state index is 13.5. The number of nitrogen functional groups attached to an aromatic ring is 1. The van der Waals surface area contributed by atoms with Crippen molar-refractivity contribution in [2.45, 2.75) is 29.4 Å². The Hall–Kier alpha value is -3.90. The SMILES string of the molecule is CNC(=O)c1c(-c2ccc(F)cc2)oc2cc(NS(=O)(=O)Cc3ccc(N)c(S(C)(=O)=O)c3)c(C3CC3)cc12. The van der Waals surface area contributed by atoms with E-state index >= 15 is 0 Å². The summed E-state index contributed by atoms with van der Waals surface area (Å²) in [6.07, 6.45) is 2.71. The zero-order valence-corrected chi connectivity index (χ0v) is 22.7. The van der Waals surface area contributed by atoms with E-state index in [-0.39, 0.29) is 39.0 Å². The van der Waals surface area contributed by atoms with Gasteiger partial charge in [0.1, 0.15) is 17.2 Å². The van der Waals surface area contributed by atoms with E-state index in [1.54, 1.807) is 12.1 Å². The molecule has 1 aliphatic rings. The number of furan rings is 1. The molecule has 204 valence electrons. The highest BCUT2D eigenvalue weighted by molar-refractivity contribution is 7.92. The van der Waals surface area contributed by atoms with Crippen molar-refractivity contribution in [2.24, 2.45) is 0 Å². The third kappa shape index (κ3) is 5.48. The van der Waals surface area contributed by atoms with Crippen LogP contribution in [0.5, 0.6) is 0 Å². The Balaban J connectivity index is 1.57. The molecular formula is C27H26FN3O6S2. The Bertz CT molecular complexity index is 1830. The lowest BCUT2D eigenvalue weighted by atomic mass is 10.0. The number of carbonyl (C=O) groups is 1. The van der Waals surface area contributed by atoms with Gasteiger partial charge in [-0.15, -0.1) is 0 Å². The van der Waals surface area contributed by atoms with Gasteiger partial charge in [0.05, 0.1) is 27.6 Å². The molecule has 4 N–H and O–H groups in total. The maximum Gasteiger partial charge on any atom is 0.255 e. The third-order valence-corrected chi connectivity index (χ3v) is 8.93. The monoisotopic (exact) mass is 571 g/mol. The van der Waals surface area contributed by atoms with Crippen molar-refractivity contribution in [3.63, 3.8) is 0 Å². The predicted octanol–water partition coefficient (Wildman–Crippen LogP) is 4.40. The fraction of sp³-hybridized carbons (Fsp3) is 0.222.